The maximum Gasteiger partial charge on any atom is 0.348 e. The zero-order valence-electron chi connectivity index (χ0n) is 14.6. The molecule has 24 heavy (non-hydrogen) atoms. The summed E-state index contributed by atoms with van der Waals surface area (Å²) in [6, 6.07) is 7.82. The van der Waals surface area contributed by atoms with Crippen molar-refractivity contribution in [3.05, 3.63) is 41.0 Å². The Balaban J connectivity index is 1.80. The highest BCUT2D eigenvalue weighted by molar-refractivity contribution is 6.18. The fourth-order valence-electron chi connectivity index (χ4n) is 3.21. The van der Waals surface area contributed by atoms with Crippen LogP contribution >= 0.6 is 0 Å². The first-order valence-electron chi connectivity index (χ1n) is 8.58. The van der Waals surface area contributed by atoms with E-state index in [-0.39, 0.29) is 11.0 Å². The summed E-state index contributed by atoms with van der Waals surface area (Å²) in [4.78, 5) is 24.6. The van der Waals surface area contributed by atoms with E-state index < -0.39 is 17.7 Å². The Morgan fingerprint density at radius 2 is 1.46 bits per heavy atom. The molecule has 0 radical (unpaired) electrons. The number of carbonyl (C=O) groups excluding carboxylic acids is 2. The number of hydrogen-bond acceptors (Lipinski definition) is 4. The lowest BCUT2D eigenvalue weighted by Crippen LogP contribution is -2.47. The zero-order chi connectivity index (χ0) is 17.4. The molecule has 1 aromatic rings. The molecule has 0 N–H and O–H groups in total. The SMILES string of the molecule is CC(C)(C)c1ccc(C=C2C(=O)OC3(CCCCC3)OC2=O)cc1. The van der Waals surface area contributed by atoms with Crippen molar-refractivity contribution in [2.45, 2.75) is 64.1 Å². The Labute approximate surface area is 142 Å². The Bertz CT molecular complexity index is 649. The topological polar surface area (TPSA) is 52.6 Å². The van der Waals surface area contributed by atoms with Crippen molar-refractivity contribution in [3.63, 3.8) is 0 Å². The molecule has 0 unspecified atom stereocenters. The second-order valence-corrected chi connectivity index (χ2v) is 7.68. The van der Waals surface area contributed by atoms with Crippen LogP contribution in [0.4, 0.5) is 0 Å². The maximum absolute atomic E-state index is 12.3. The van der Waals surface area contributed by atoms with Gasteiger partial charge in [0.2, 0.25) is 0 Å². The van der Waals surface area contributed by atoms with Gasteiger partial charge in [-0.25, -0.2) is 9.59 Å². The van der Waals surface area contributed by atoms with Gasteiger partial charge in [0.15, 0.2) is 0 Å². The lowest BCUT2D eigenvalue weighted by Gasteiger charge is -2.38. The molecule has 1 heterocycles. The smallest absolute Gasteiger partial charge is 0.348 e. The van der Waals surface area contributed by atoms with Crippen molar-refractivity contribution in [1.82, 2.24) is 0 Å². The molecule has 1 aliphatic heterocycles. The number of ether oxygens (including phenoxy) is 2. The quantitative estimate of drug-likeness (QED) is 0.442. The van der Waals surface area contributed by atoms with Gasteiger partial charge >= 0.3 is 11.9 Å². The molecule has 2 fully saturated rings. The van der Waals surface area contributed by atoms with E-state index in [0.717, 1.165) is 24.8 Å². The number of benzene rings is 1. The fourth-order valence-corrected chi connectivity index (χ4v) is 3.21. The molecule has 1 spiro atoms. The maximum atomic E-state index is 12.3. The molecule has 0 bridgehead atoms. The number of hydrogen-bond donors (Lipinski definition) is 0. The van der Waals surface area contributed by atoms with Crippen LogP contribution in [0.25, 0.3) is 6.08 Å². The minimum absolute atomic E-state index is 0.0327. The van der Waals surface area contributed by atoms with Gasteiger partial charge in [-0.05, 0) is 35.5 Å². The molecular weight excluding hydrogens is 304 g/mol. The van der Waals surface area contributed by atoms with E-state index >= 15 is 0 Å². The van der Waals surface area contributed by atoms with E-state index in [0.29, 0.717) is 12.8 Å². The monoisotopic (exact) mass is 328 g/mol. The summed E-state index contributed by atoms with van der Waals surface area (Å²) >= 11 is 0. The highest BCUT2D eigenvalue weighted by Crippen LogP contribution is 2.37. The number of carbonyl (C=O) groups is 2. The van der Waals surface area contributed by atoms with Crippen LogP contribution in [0.3, 0.4) is 0 Å². The van der Waals surface area contributed by atoms with E-state index in [1.165, 1.54) is 5.56 Å². The van der Waals surface area contributed by atoms with E-state index in [1.54, 1.807) is 6.08 Å². The Morgan fingerprint density at radius 3 is 1.96 bits per heavy atom. The lowest BCUT2D eigenvalue weighted by molar-refractivity contribution is -0.244. The van der Waals surface area contributed by atoms with E-state index in [2.05, 4.69) is 20.8 Å². The van der Waals surface area contributed by atoms with Gasteiger partial charge in [-0.15, -0.1) is 0 Å². The largest absolute Gasteiger partial charge is 0.419 e. The first-order valence-corrected chi connectivity index (χ1v) is 8.58. The van der Waals surface area contributed by atoms with Crippen molar-refractivity contribution in [1.29, 1.82) is 0 Å². The molecule has 0 amide bonds. The van der Waals surface area contributed by atoms with Crippen LogP contribution in [0.2, 0.25) is 0 Å². The molecule has 2 aliphatic rings. The highest BCUT2D eigenvalue weighted by Gasteiger charge is 2.46. The summed E-state index contributed by atoms with van der Waals surface area (Å²) in [7, 11) is 0. The van der Waals surface area contributed by atoms with E-state index in [9.17, 15) is 9.59 Å². The molecule has 1 aliphatic carbocycles. The third kappa shape index (κ3) is 3.37. The van der Waals surface area contributed by atoms with Gasteiger partial charge in [0.1, 0.15) is 5.57 Å². The summed E-state index contributed by atoms with van der Waals surface area (Å²) in [6.45, 7) is 6.42. The fraction of sp³-hybridized carbons (Fsp3) is 0.500. The minimum Gasteiger partial charge on any atom is -0.419 e. The van der Waals surface area contributed by atoms with Crippen LogP contribution in [-0.2, 0) is 24.5 Å². The average molecular weight is 328 g/mol. The summed E-state index contributed by atoms with van der Waals surface area (Å²) in [6.07, 6.45) is 5.64. The average Bonchev–Trinajstić information content (AvgIpc) is 2.51. The Hall–Kier alpha value is -2.10. The first-order chi connectivity index (χ1) is 11.3. The molecule has 1 aromatic carbocycles. The zero-order valence-corrected chi connectivity index (χ0v) is 14.6. The molecule has 3 rings (SSSR count). The molecule has 4 nitrogen and oxygen atoms in total. The minimum atomic E-state index is -1.03. The molecule has 128 valence electrons. The number of rotatable bonds is 1. The summed E-state index contributed by atoms with van der Waals surface area (Å²) in [5.74, 6) is -2.18. The van der Waals surface area contributed by atoms with Crippen LogP contribution in [0.5, 0.6) is 0 Å². The van der Waals surface area contributed by atoms with Crippen molar-refractivity contribution in [2.75, 3.05) is 0 Å². The Morgan fingerprint density at radius 1 is 0.917 bits per heavy atom. The van der Waals surface area contributed by atoms with Gasteiger partial charge in [0.05, 0.1) is 0 Å². The van der Waals surface area contributed by atoms with Crippen molar-refractivity contribution < 1.29 is 19.1 Å². The van der Waals surface area contributed by atoms with Gasteiger partial charge in [-0.3, -0.25) is 0 Å². The van der Waals surface area contributed by atoms with Gasteiger partial charge in [-0.2, -0.15) is 0 Å². The lowest BCUT2D eigenvalue weighted by atomic mass is 9.86. The van der Waals surface area contributed by atoms with E-state index in [4.69, 9.17) is 9.47 Å². The third-order valence-corrected chi connectivity index (χ3v) is 4.70. The summed E-state index contributed by atoms with van der Waals surface area (Å²) < 4.78 is 11.0. The van der Waals surface area contributed by atoms with Crippen molar-refractivity contribution >= 4 is 18.0 Å². The first kappa shape index (κ1) is 16.7. The standard InChI is InChI=1S/C20H24O4/c1-19(2,3)15-9-7-14(8-10-15)13-16-17(21)23-20(24-18(16)22)11-5-4-6-12-20/h7-10,13H,4-6,11-12H2,1-3H3. The predicted octanol–water partition coefficient (Wildman–Crippen LogP) is 4.13. The third-order valence-electron chi connectivity index (χ3n) is 4.70. The van der Waals surface area contributed by atoms with Crippen LogP contribution < -0.4 is 0 Å². The molecule has 0 atom stereocenters. The summed E-state index contributed by atoms with van der Waals surface area (Å²) in [5.41, 5.74) is 2.00. The van der Waals surface area contributed by atoms with Crippen molar-refractivity contribution in [3.8, 4) is 0 Å². The second-order valence-electron chi connectivity index (χ2n) is 7.68. The molecule has 1 saturated heterocycles. The predicted molar refractivity (Wildman–Crippen MR) is 91.1 cm³/mol. The van der Waals surface area contributed by atoms with Gasteiger partial charge in [0.25, 0.3) is 5.79 Å². The van der Waals surface area contributed by atoms with E-state index in [1.807, 2.05) is 24.3 Å². The second kappa shape index (κ2) is 6.08. The van der Waals surface area contributed by atoms with Gasteiger partial charge in [0, 0.05) is 12.8 Å². The van der Waals surface area contributed by atoms with Crippen LogP contribution in [0.15, 0.2) is 29.8 Å². The van der Waals surface area contributed by atoms with Crippen LogP contribution in [0, 0.1) is 0 Å². The molecule has 0 aromatic heterocycles. The van der Waals surface area contributed by atoms with Gasteiger partial charge < -0.3 is 9.47 Å². The highest BCUT2D eigenvalue weighted by atomic mass is 16.7. The van der Waals surface area contributed by atoms with Crippen LogP contribution in [0.1, 0.15) is 64.0 Å². The molecule has 4 heteroatoms. The normalized spacial score (nSPS) is 20.5. The molecular formula is C20H24O4. The Kier molecular flexibility index (Phi) is 4.24. The van der Waals surface area contributed by atoms with Crippen LogP contribution in [-0.4, -0.2) is 17.7 Å². The van der Waals surface area contributed by atoms with Gasteiger partial charge in [-0.1, -0.05) is 51.5 Å². The number of esters is 2. The molecule has 1 saturated carbocycles. The van der Waals surface area contributed by atoms with Crippen molar-refractivity contribution in [2.24, 2.45) is 0 Å². The summed E-state index contributed by atoms with van der Waals surface area (Å²) in [5, 5.41) is 0.